The number of aliphatic hydroxyl groups is 6. The predicted octanol–water partition coefficient (Wildman–Crippen LogP) is 6.90. The number of phosphoric acid groups is 2. The average molecular weight is 975 g/mol. The Kier molecular flexibility index (Phi) is 34.4. The first-order valence-corrected chi connectivity index (χ1v) is 27.1. The van der Waals surface area contributed by atoms with Crippen LogP contribution in [-0.4, -0.2) is 125 Å². The SMILES string of the molecule is CC/C=C\CCCCCCCCCCCCCC(=O)OC[C@H](COP(=O)(O)O[C@H]1C(O)C(O)C(O)[C@@H](OP(=O)(O)O)C1O)OC(=O)CCCCCCC[C@H](O)[C@@H](O)C/C=C\CCCCC. The average Bonchev–Trinajstić information content (AvgIpc) is 3.25. The molecule has 1 aliphatic rings. The molecule has 10 atom stereocenters. The summed E-state index contributed by atoms with van der Waals surface area (Å²) in [5.74, 6) is -1.31. The van der Waals surface area contributed by atoms with Crippen molar-refractivity contribution in [2.45, 2.75) is 236 Å². The smallest absolute Gasteiger partial charge is 0.462 e. The molecule has 0 aliphatic heterocycles. The van der Waals surface area contributed by atoms with Gasteiger partial charge in [0.25, 0.3) is 0 Å². The quantitative estimate of drug-likeness (QED) is 0.0131. The number of ether oxygens (including phenoxy) is 2. The molecule has 0 saturated heterocycles. The van der Waals surface area contributed by atoms with E-state index in [1.807, 2.05) is 12.2 Å². The van der Waals surface area contributed by atoms with Gasteiger partial charge in [0.05, 0.1) is 18.8 Å². The van der Waals surface area contributed by atoms with Crippen LogP contribution in [0.25, 0.3) is 0 Å². The van der Waals surface area contributed by atoms with Gasteiger partial charge in [0, 0.05) is 12.8 Å². The maximum atomic E-state index is 13.0. The first-order chi connectivity index (χ1) is 30.9. The van der Waals surface area contributed by atoms with E-state index >= 15 is 0 Å². The molecule has 5 unspecified atom stereocenters. The zero-order chi connectivity index (χ0) is 48.5. The lowest BCUT2D eigenvalue weighted by Gasteiger charge is -2.43. The second kappa shape index (κ2) is 36.4. The lowest BCUT2D eigenvalue weighted by Crippen LogP contribution is -2.64. The van der Waals surface area contributed by atoms with Crippen molar-refractivity contribution in [2.75, 3.05) is 13.2 Å². The largest absolute Gasteiger partial charge is 0.472 e. The van der Waals surface area contributed by atoms with Crippen molar-refractivity contribution < 1.29 is 87.1 Å². The first-order valence-electron chi connectivity index (χ1n) is 24.1. The standard InChI is InChI=1S/C45H84O18P2/c1-3-5-7-9-11-12-13-14-15-16-17-18-19-23-27-31-38(48)59-33-35(34-60-65(57,58)63-45-42(52)40(50)41(51)44(43(45)53)62-64(54,55)56)61-39(49)32-28-24-20-22-26-30-37(47)36(46)29-25-21-10-8-6-4-2/h5,7,21,25,35-37,40-47,50-53H,3-4,6,8-20,22-24,26-34H2,1-2H3,(H,57,58)(H2,54,55,56)/b7-5-,25-21-/t35-,36+,37+,40?,41?,42?,43?,44-,45+/m1/s1. The molecule has 20 heteroatoms. The van der Waals surface area contributed by atoms with E-state index in [9.17, 15) is 64.0 Å². The third kappa shape index (κ3) is 30.5. The highest BCUT2D eigenvalue weighted by atomic mass is 31.2. The van der Waals surface area contributed by atoms with Gasteiger partial charge < -0.3 is 54.8 Å². The molecule has 0 heterocycles. The number of hydrogen-bond acceptors (Lipinski definition) is 15. The Morgan fingerprint density at radius 1 is 0.554 bits per heavy atom. The van der Waals surface area contributed by atoms with Gasteiger partial charge in [-0.1, -0.05) is 134 Å². The number of unbranched alkanes of at least 4 members (excludes halogenated alkanes) is 18. The van der Waals surface area contributed by atoms with Crippen LogP contribution in [0.15, 0.2) is 24.3 Å². The highest BCUT2D eigenvalue weighted by molar-refractivity contribution is 7.47. The predicted molar refractivity (Wildman–Crippen MR) is 244 cm³/mol. The van der Waals surface area contributed by atoms with E-state index in [1.54, 1.807) is 0 Å². The van der Waals surface area contributed by atoms with Crippen molar-refractivity contribution in [3.05, 3.63) is 24.3 Å². The Morgan fingerprint density at radius 3 is 1.60 bits per heavy atom. The van der Waals surface area contributed by atoms with Crippen LogP contribution in [0, 0.1) is 0 Å². The Morgan fingerprint density at radius 2 is 1.05 bits per heavy atom. The lowest BCUT2D eigenvalue weighted by molar-refractivity contribution is -0.216. The lowest BCUT2D eigenvalue weighted by atomic mass is 9.85. The fraction of sp³-hybridized carbons (Fsp3) is 0.867. The number of carbonyl (C=O) groups is 2. The Labute approximate surface area is 387 Å². The normalized spacial score (nSPS) is 22.8. The molecule has 1 rings (SSSR count). The number of aliphatic hydroxyl groups excluding tert-OH is 6. The molecule has 1 aliphatic carbocycles. The van der Waals surface area contributed by atoms with Gasteiger partial charge in [0.15, 0.2) is 6.10 Å². The molecule has 0 aromatic heterocycles. The summed E-state index contributed by atoms with van der Waals surface area (Å²) in [6, 6.07) is 0. The number of hydrogen-bond donors (Lipinski definition) is 9. The van der Waals surface area contributed by atoms with Crippen molar-refractivity contribution in [2.24, 2.45) is 0 Å². The summed E-state index contributed by atoms with van der Waals surface area (Å²) in [5, 5.41) is 61.8. The van der Waals surface area contributed by atoms with Gasteiger partial charge in [-0.2, -0.15) is 0 Å². The van der Waals surface area contributed by atoms with Gasteiger partial charge >= 0.3 is 27.6 Å². The van der Waals surface area contributed by atoms with Gasteiger partial charge in [-0.15, -0.1) is 0 Å². The van der Waals surface area contributed by atoms with Gasteiger partial charge in [0.1, 0.15) is 43.2 Å². The molecule has 0 spiro atoms. The maximum absolute atomic E-state index is 13.0. The van der Waals surface area contributed by atoms with E-state index < -0.39 is 95.7 Å². The van der Waals surface area contributed by atoms with Crippen LogP contribution in [0.3, 0.4) is 0 Å². The van der Waals surface area contributed by atoms with E-state index in [1.165, 1.54) is 38.5 Å². The molecule has 382 valence electrons. The minimum atomic E-state index is -5.38. The molecule has 0 aromatic carbocycles. The van der Waals surface area contributed by atoms with Gasteiger partial charge in [-0.25, -0.2) is 9.13 Å². The van der Waals surface area contributed by atoms with Crippen LogP contribution in [0.1, 0.15) is 181 Å². The van der Waals surface area contributed by atoms with Gasteiger partial charge in [-0.05, 0) is 57.8 Å². The van der Waals surface area contributed by atoms with Crippen molar-refractivity contribution in [3.8, 4) is 0 Å². The minimum Gasteiger partial charge on any atom is -0.462 e. The zero-order valence-corrected chi connectivity index (χ0v) is 40.7. The Bertz CT molecular complexity index is 1390. The minimum absolute atomic E-state index is 0.0533. The van der Waals surface area contributed by atoms with Gasteiger partial charge in [-0.3, -0.25) is 23.2 Å². The second-order valence-electron chi connectivity index (χ2n) is 17.1. The van der Waals surface area contributed by atoms with Crippen molar-refractivity contribution in [1.29, 1.82) is 0 Å². The van der Waals surface area contributed by atoms with Crippen molar-refractivity contribution >= 4 is 27.6 Å². The molecular weight excluding hydrogens is 890 g/mol. The van der Waals surface area contributed by atoms with Gasteiger partial charge in [0.2, 0.25) is 0 Å². The monoisotopic (exact) mass is 975 g/mol. The van der Waals surface area contributed by atoms with Crippen LogP contribution in [0.2, 0.25) is 0 Å². The molecule has 0 bridgehead atoms. The molecule has 0 amide bonds. The fourth-order valence-corrected chi connectivity index (χ4v) is 8.88. The highest BCUT2D eigenvalue weighted by Gasteiger charge is 2.54. The molecular formula is C45H84O18P2. The third-order valence-electron chi connectivity index (χ3n) is 11.2. The molecule has 18 nitrogen and oxygen atoms in total. The topological polar surface area (TPSA) is 296 Å². The molecule has 0 aromatic rings. The van der Waals surface area contributed by atoms with Crippen LogP contribution in [0.5, 0.6) is 0 Å². The number of rotatable bonds is 40. The number of phosphoric ester groups is 2. The molecule has 65 heavy (non-hydrogen) atoms. The maximum Gasteiger partial charge on any atom is 0.472 e. The number of esters is 2. The summed E-state index contributed by atoms with van der Waals surface area (Å²) < 4.78 is 49.3. The Balaban J connectivity index is 2.63. The Hall–Kier alpha value is -1.60. The van der Waals surface area contributed by atoms with Crippen LogP contribution in [-0.2, 0) is 41.8 Å². The van der Waals surface area contributed by atoms with E-state index in [0.29, 0.717) is 38.5 Å². The van der Waals surface area contributed by atoms with E-state index in [-0.39, 0.29) is 12.8 Å². The van der Waals surface area contributed by atoms with E-state index in [2.05, 4.69) is 30.5 Å². The number of allylic oxidation sites excluding steroid dienone is 3. The third-order valence-corrected chi connectivity index (χ3v) is 12.7. The van der Waals surface area contributed by atoms with Crippen LogP contribution < -0.4 is 0 Å². The summed E-state index contributed by atoms with van der Waals surface area (Å²) >= 11 is 0. The zero-order valence-electron chi connectivity index (χ0n) is 38.9. The summed E-state index contributed by atoms with van der Waals surface area (Å²) in [5.41, 5.74) is 0. The molecule has 1 saturated carbocycles. The molecule has 9 N–H and O–H groups in total. The summed E-state index contributed by atoms with van der Waals surface area (Å²) in [7, 11) is -10.7. The molecule has 1 fully saturated rings. The summed E-state index contributed by atoms with van der Waals surface area (Å²) in [6.07, 6.45) is 14.3. The van der Waals surface area contributed by atoms with E-state index in [4.69, 9.17) is 18.5 Å². The second-order valence-corrected chi connectivity index (χ2v) is 19.7. The van der Waals surface area contributed by atoms with Crippen LogP contribution in [0.4, 0.5) is 0 Å². The van der Waals surface area contributed by atoms with E-state index in [0.717, 1.165) is 77.0 Å². The van der Waals surface area contributed by atoms with Crippen molar-refractivity contribution in [3.63, 3.8) is 0 Å². The summed E-state index contributed by atoms with van der Waals surface area (Å²) in [4.78, 5) is 54.3. The first kappa shape index (κ1) is 61.4. The fourth-order valence-electron chi connectivity index (χ4n) is 7.35. The number of carbonyl (C=O) groups excluding carboxylic acids is 2. The van der Waals surface area contributed by atoms with Crippen molar-refractivity contribution in [1.82, 2.24) is 0 Å². The molecule has 0 radical (unpaired) electrons. The van der Waals surface area contributed by atoms with Crippen LogP contribution >= 0.6 is 15.6 Å². The highest BCUT2D eigenvalue weighted by Crippen LogP contribution is 2.49. The summed E-state index contributed by atoms with van der Waals surface area (Å²) in [6.45, 7) is 2.84.